The average molecular weight is 541 g/mol. The molecule has 33 heavy (non-hydrogen) atoms. The van der Waals surface area contributed by atoms with E-state index in [1.165, 1.54) is 11.3 Å². The Hall–Kier alpha value is -3.12. The van der Waals surface area contributed by atoms with Crippen molar-refractivity contribution in [3.63, 3.8) is 0 Å². The van der Waals surface area contributed by atoms with E-state index >= 15 is 0 Å². The van der Waals surface area contributed by atoms with Crippen LogP contribution in [-0.2, 0) is 16.6 Å². The van der Waals surface area contributed by atoms with Crippen molar-refractivity contribution in [1.82, 2.24) is 24.2 Å². The van der Waals surface area contributed by atoms with E-state index in [0.29, 0.717) is 32.6 Å². The molecule has 166 valence electrons. The van der Waals surface area contributed by atoms with Crippen LogP contribution in [-0.4, -0.2) is 27.9 Å². The van der Waals surface area contributed by atoms with Crippen molar-refractivity contribution in [3.05, 3.63) is 82.4 Å². The molecule has 0 radical (unpaired) electrons. The number of nitrogens with one attached hydrogen (secondary N) is 1. The molecule has 0 aliphatic rings. The molecular formula is C22H17BrN6O2S2. The largest absolute Gasteiger partial charge is 0.383 e. The molecule has 0 aliphatic carbocycles. The first-order chi connectivity index (χ1) is 15.9. The number of pyridine rings is 2. The first kappa shape index (κ1) is 21.7. The van der Waals surface area contributed by atoms with E-state index in [4.69, 9.17) is 10.7 Å². The van der Waals surface area contributed by atoms with Crippen LogP contribution < -0.4 is 10.5 Å². The van der Waals surface area contributed by atoms with Gasteiger partial charge in [-0.15, -0.1) is 11.3 Å². The van der Waals surface area contributed by atoms with Crippen molar-refractivity contribution in [1.29, 1.82) is 0 Å². The zero-order valence-corrected chi connectivity index (χ0v) is 20.2. The van der Waals surface area contributed by atoms with Crippen molar-refractivity contribution in [2.45, 2.75) is 10.8 Å². The zero-order chi connectivity index (χ0) is 23.0. The minimum Gasteiger partial charge on any atom is -0.383 e. The molecule has 0 atom stereocenters. The van der Waals surface area contributed by atoms with E-state index in [9.17, 15) is 8.42 Å². The van der Waals surface area contributed by atoms with E-state index < -0.39 is 10.0 Å². The molecule has 4 heterocycles. The first-order valence-corrected chi connectivity index (χ1v) is 13.0. The fourth-order valence-corrected chi connectivity index (χ4v) is 5.78. The molecule has 0 aliphatic heterocycles. The number of fused-ring (bicyclic) bond motifs is 1. The lowest BCUT2D eigenvalue weighted by atomic mass is 10.2. The van der Waals surface area contributed by atoms with Gasteiger partial charge >= 0.3 is 0 Å². The number of anilines is 1. The Kier molecular flexibility index (Phi) is 5.71. The highest BCUT2D eigenvalue weighted by Crippen LogP contribution is 2.31. The standard InChI is InChI=1S/C22H17BrN6O2S2/c23-15-11-18-22(26-13-15)29(21(28-18)17-3-1-9-25-20(17)24)16-7-5-14(6-8-16)12-27-33(30,31)19-4-2-10-32-19/h1-11,13,27H,12H2,(H2,24,25). The summed E-state index contributed by atoms with van der Waals surface area (Å²) < 4.78 is 30.4. The Bertz CT molecular complexity index is 1550. The van der Waals surface area contributed by atoms with Crippen molar-refractivity contribution < 1.29 is 8.42 Å². The number of aromatic nitrogens is 4. The van der Waals surface area contributed by atoms with Crippen LogP contribution in [0.1, 0.15) is 5.56 Å². The summed E-state index contributed by atoms with van der Waals surface area (Å²) >= 11 is 4.63. The number of sulfonamides is 1. The van der Waals surface area contributed by atoms with Crippen molar-refractivity contribution >= 4 is 54.3 Å². The second-order valence-electron chi connectivity index (χ2n) is 7.13. The van der Waals surface area contributed by atoms with Crippen molar-refractivity contribution in [3.8, 4) is 17.1 Å². The lowest BCUT2D eigenvalue weighted by Crippen LogP contribution is -2.22. The van der Waals surface area contributed by atoms with Crippen LogP contribution in [0.25, 0.3) is 28.2 Å². The highest BCUT2D eigenvalue weighted by Gasteiger charge is 2.18. The number of imidazole rings is 1. The molecule has 1 aromatic carbocycles. The normalized spacial score (nSPS) is 11.8. The number of nitrogen functional groups attached to an aromatic ring is 1. The van der Waals surface area contributed by atoms with E-state index in [1.807, 2.05) is 47.0 Å². The maximum absolute atomic E-state index is 12.4. The van der Waals surface area contributed by atoms with Crippen LogP contribution in [0.2, 0.25) is 0 Å². The van der Waals surface area contributed by atoms with Crippen LogP contribution in [0, 0.1) is 0 Å². The summed E-state index contributed by atoms with van der Waals surface area (Å²) in [6.07, 6.45) is 3.34. The molecule has 5 aromatic rings. The van der Waals surface area contributed by atoms with Crippen LogP contribution in [0.3, 0.4) is 0 Å². The fraction of sp³-hybridized carbons (Fsp3) is 0.0455. The number of thiophene rings is 1. The van der Waals surface area contributed by atoms with Gasteiger partial charge in [-0.2, -0.15) is 0 Å². The third-order valence-corrected chi connectivity index (χ3v) is 8.20. The molecule has 0 saturated carbocycles. The lowest BCUT2D eigenvalue weighted by Gasteiger charge is -2.11. The number of nitrogens with zero attached hydrogens (tertiary/aromatic N) is 4. The first-order valence-electron chi connectivity index (χ1n) is 9.80. The zero-order valence-electron chi connectivity index (χ0n) is 17.0. The Labute approximate surface area is 202 Å². The third kappa shape index (κ3) is 4.27. The minimum atomic E-state index is -3.53. The van der Waals surface area contributed by atoms with Gasteiger partial charge in [-0.05, 0) is 63.3 Å². The van der Waals surface area contributed by atoms with Crippen LogP contribution in [0.15, 0.2) is 81.1 Å². The van der Waals surface area contributed by atoms with Gasteiger partial charge < -0.3 is 5.73 Å². The summed E-state index contributed by atoms with van der Waals surface area (Å²) in [5, 5.41) is 1.73. The van der Waals surface area contributed by atoms with Crippen LogP contribution in [0.4, 0.5) is 5.82 Å². The highest BCUT2D eigenvalue weighted by atomic mass is 79.9. The summed E-state index contributed by atoms with van der Waals surface area (Å²) in [6, 6.07) is 16.4. The molecule has 3 N–H and O–H groups in total. The molecule has 0 spiro atoms. The van der Waals surface area contributed by atoms with Gasteiger partial charge in [-0.25, -0.2) is 28.1 Å². The molecule has 8 nitrogen and oxygen atoms in total. The molecule has 4 aromatic heterocycles. The smallest absolute Gasteiger partial charge is 0.250 e. The lowest BCUT2D eigenvalue weighted by molar-refractivity contribution is 0.583. The van der Waals surface area contributed by atoms with Gasteiger partial charge in [0.1, 0.15) is 15.5 Å². The number of hydrogen-bond donors (Lipinski definition) is 2. The summed E-state index contributed by atoms with van der Waals surface area (Å²) in [6.45, 7) is 0.179. The van der Waals surface area contributed by atoms with Gasteiger partial charge in [-0.1, -0.05) is 18.2 Å². The predicted molar refractivity (Wildman–Crippen MR) is 133 cm³/mol. The van der Waals surface area contributed by atoms with E-state index in [1.54, 1.807) is 29.9 Å². The highest BCUT2D eigenvalue weighted by molar-refractivity contribution is 9.10. The summed E-state index contributed by atoms with van der Waals surface area (Å²) in [4.78, 5) is 13.5. The van der Waals surface area contributed by atoms with Crippen LogP contribution >= 0.6 is 27.3 Å². The Balaban J connectivity index is 1.51. The summed E-state index contributed by atoms with van der Waals surface area (Å²) in [5.74, 6) is 0.986. The summed E-state index contributed by atoms with van der Waals surface area (Å²) in [7, 11) is -3.53. The van der Waals surface area contributed by atoms with Gasteiger partial charge in [0.05, 0.1) is 5.56 Å². The van der Waals surface area contributed by atoms with Crippen LogP contribution in [0.5, 0.6) is 0 Å². The van der Waals surface area contributed by atoms with Crippen molar-refractivity contribution in [2.75, 3.05) is 5.73 Å². The molecule has 0 amide bonds. The summed E-state index contributed by atoms with van der Waals surface area (Å²) in [5.41, 5.74) is 9.84. The average Bonchev–Trinajstić information content (AvgIpc) is 3.47. The topological polar surface area (TPSA) is 116 Å². The number of benzene rings is 1. The molecule has 0 saturated heterocycles. The number of rotatable bonds is 6. The minimum absolute atomic E-state index is 0.179. The van der Waals surface area contributed by atoms with Gasteiger partial charge in [-0.3, -0.25) is 4.57 Å². The second-order valence-corrected chi connectivity index (χ2v) is 11.0. The monoisotopic (exact) mass is 540 g/mol. The predicted octanol–water partition coefficient (Wildman–Crippen LogP) is 4.37. The third-order valence-electron chi connectivity index (χ3n) is 4.96. The van der Waals surface area contributed by atoms with Gasteiger partial charge in [0.2, 0.25) is 10.0 Å². The molecule has 11 heteroatoms. The molecular weight excluding hydrogens is 524 g/mol. The van der Waals surface area contributed by atoms with E-state index in [2.05, 4.69) is 30.6 Å². The van der Waals surface area contributed by atoms with E-state index in [0.717, 1.165) is 15.7 Å². The van der Waals surface area contributed by atoms with Gasteiger partial charge in [0, 0.05) is 29.1 Å². The Morgan fingerprint density at radius 1 is 1.09 bits per heavy atom. The van der Waals surface area contributed by atoms with Gasteiger partial charge in [0.25, 0.3) is 0 Å². The molecule has 0 bridgehead atoms. The number of halogens is 1. The van der Waals surface area contributed by atoms with Gasteiger partial charge in [0.15, 0.2) is 11.5 Å². The second kappa shape index (κ2) is 8.67. The van der Waals surface area contributed by atoms with E-state index in [-0.39, 0.29) is 6.54 Å². The molecule has 0 fully saturated rings. The fourth-order valence-electron chi connectivity index (χ4n) is 3.40. The maximum Gasteiger partial charge on any atom is 0.250 e. The number of hydrogen-bond acceptors (Lipinski definition) is 7. The maximum atomic E-state index is 12.4. The van der Waals surface area contributed by atoms with Crippen molar-refractivity contribution in [2.24, 2.45) is 0 Å². The Morgan fingerprint density at radius 2 is 1.91 bits per heavy atom. The Morgan fingerprint density at radius 3 is 2.64 bits per heavy atom. The number of nitrogens with two attached hydrogens (primary N) is 1. The SMILES string of the molecule is Nc1ncccc1-c1nc2cc(Br)cnc2n1-c1ccc(CNS(=O)(=O)c2cccs2)cc1. The quantitative estimate of drug-likeness (QED) is 0.330. The molecule has 5 rings (SSSR count). The molecule has 0 unspecified atom stereocenters.